The van der Waals surface area contributed by atoms with E-state index in [1.165, 1.54) is 0 Å². The molecule has 2 aliphatic rings. The number of hydrogen-bond donors (Lipinski definition) is 1. The van der Waals surface area contributed by atoms with E-state index in [4.69, 9.17) is 5.73 Å². The van der Waals surface area contributed by atoms with E-state index in [9.17, 15) is 4.79 Å². The van der Waals surface area contributed by atoms with Crippen LogP contribution in [-0.4, -0.2) is 29.4 Å². The minimum atomic E-state index is -0.0810. The van der Waals surface area contributed by atoms with Gasteiger partial charge in [0.25, 0.3) is 5.91 Å². The zero-order valence-electron chi connectivity index (χ0n) is 4.16. The third-order valence-electron chi connectivity index (χ3n) is 1.42. The summed E-state index contributed by atoms with van der Waals surface area (Å²) in [4.78, 5) is 15.8. The normalized spacial score (nSPS) is 32.5. The molecule has 4 nitrogen and oxygen atoms in total. The van der Waals surface area contributed by atoms with Crippen LogP contribution in [-0.2, 0) is 4.79 Å². The Balaban J connectivity index is 2.37. The van der Waals surface area contributed by atoms with Gasteiger partial charge in [-0.3, -0.25) is 4.79 Å². The van der Waals surface area contributed by atoms with Gasteiger partial charge in [-0.05, 0) is 0 Å². The van der Waals surface area contributed by atoms with E-state index >= 15 is 0 Å². The summed E-state index contributed by atoms with van der Waals surface area (Å²) in [5, 5.41) is 0. The number of fused-ring (bicyclic) bond motifs is 1. The second-order valence-corrected chi connectivity index (χ2v) is 1.98. The van der Waals surface area contributed by atoms with Gasteiger partial charge in [0.2, 0.25) is 0 Å². The van der Waals surface area contributed by atoms with E-state index in [-0.39, 0.29) is 11.9 Å². The van der Waals surface area contributed by atoms with Crippen LogP contribution in [0.1, 0.15) is 0 Å². The Morgan fingerprint density at radius 1 is 1.88 bits per heavy atom. The Labute approximate surface area is 46.0 Å². The van der Waals surface area contributed by atoms with E-state index in [1.807, 2.05) is 0 Å². The van der Waals surface area contributed by atoms with Crippen LogP contribution >= 0.6 is 0 Å². The molecule has 0 aliphatic carbocycles. The second-order valence-electron chi connectivity index (χ2n) is 1.98. The number of amides is 1. The van der Waals surface area contributed by atoms with E-state index in [1.54, 1.807) is 4.90 Å². The number of aliphatic imine (C=N–C) groups is 1. The van der Waals surface area contributed by atoms with Crippen molar-refractivity contribution in [1.29, 1.82) is 0 Å². The molecular formula is C4H5N3O. The average molecular weight is 111 g/mol. The van der Waals surface area contributed by atoms with Gasteiger partial charge in [-0.15, -0.1) is 0 Å². The minimum absolute atomic E-state index is 0.0231. The summed E-state index contributed by atoms with van der Waals surface area (Å²) < 4.78 is 0. The maximum absolute atomic E-state index is 10.5. The summed E-state index contributed by atoms with van der Waals surface area (Å²) in [5.41, 5.74) is 5.27. The molecule has 2 aliphatic heterocycles. The van der Waals surface area contributed by atoms with Crippen LogP contribution < -0.4 is 5.73 Å². The van der Waals surface area contributed by atoms with Gasteiger partial charge in [-0.1, -0.05) is 0 Å². The van der Waals surface area contributed by atoms with Crippen LogP contribution in [0, 0.1) is 0 Å². The Morgan fingerprint density at radius 3 is 2.75 bits per heavy atom. The molecule has 8 heavy (non-hydrogen) atoms. The lowest BCUT2D eigenvalue weighted by Crippen LogP contribution is -2.18. The van der Waals surface area contributed by atoms with Crippen molar-refractivity contribution in [3.63, 3.8) is 0 Å². The Hall–Kier alpha value is -1.06. The van der Waals surface area contributed by atoms with Crippen molar-refractivity contribution in [2.45, 2.75) is 6.04 Å². The van der Waals surface area contributed by atoms with E-state index in [0.717, 1.165) is 6.54 Å². The van der Waals surface area contributed by atoms with E-state index in [2.05, 4.69) is 4.99 Å². The largest absolute Gasteiger partial charge is 0.369 e. The number of nitrogens with zero attached hydrogens (tertiary/aromatic N) is 2. The fourth-order valence-corrected chi connectivity index (χ4v) is 0.855. The first kappa shape index (κ1) is 3.88. The highest BCUT2D eigenvalue weighted by atomic mass is 16.2. The molecule has 2 rings (SSSR count). The predicted octanol–water partition coefficient (Wildman–Crippen LogP) is -1.47. The van der Waals surface area contributed by atoms with Crippen LogP contribution in [0.15, 0.2) is 4.99 Å². The fourth-order valence-electron chi connectivity index (χ4n) is 0.855. The molecule has 42 valence electrons. The van der Waals surface area contributed by atoms with Crippen molar-refractivity contribution in [2.75, 3.05) is 6.54 Å². The van der Waals surface area contributed by atoms with Crippen LogP contribution in [0.4, 0.5) is 0 Å². The molecular weight excluding hydrogens is 106 g/mol. The third kappa shape index (κ3) is 0.267. The molecule has 0 aromatic rings. The number of hydrogen-bond acceptors (Lipinski definition) is 3. The zero-order chi connectivity index (χ0) is 5.72. The van der Waals surface area contributed by atoms with E-state index in [0.29, 0.717) is 5.96 Å². The standard InChI is InChI=1S/C4H5N3O/c5-4-6-3(8)2-1-7(2)4/h2H,1H2,(H2,5,6,8). The molecule has 0 aromatic heterocycles. The first-order valence-electron chi connectivity index (χ1n) is 2.43. The highest BCUT2D eigenvalue weighted by molar-refractivity contribution is 6.06. The molecule has 0 aromatic carbocycles. The molecule has 0 spiro atoms. The topological polar surface area (TPSA) is 58.5 Å². The molecule has 0 radical (unpaired) electrons. The van der Waals surface area contributed by atoms with Gasteiger partial charge in [0, 0.05) is 0 Å². The summed E-state index contributed by atoms with van der Waals surface area (Å²) in [5.74, 6) is 0.308. The van der Waals surface area contributed by atoms with Crippen molar-refractivity contribution in [1.82, 2.24) is 4.90 Å². The molecule has 1 amide bonds. The summed E-state index contributed by atoms with van der Waals surface area (Å²) in [6.45, 7) is 0.786. The van der Waals surface area contributed by atoms with Gasteiger partial charge >= 0.3 is 0 Å². The van der Waals surface area contributed by atoms with Crippen LogP contribution in [0.3, 0.4) is 0 Å². The van der Waals surface area contributed by atoms with Crippen molar-refractivity contribution in [2.24, 2.45) is 10.7 Å². The first-order valence-corrected chi connectivity index (χ1v) is 2.43. The second kappa shape index (κ2) is 0.866. The summed E-state index contributed by atoms with van der Waals surface area (Å²) >= 11 is 0. The van der Waals surface area contributed by atoms with Crippen molar-refractivity contribution in [3.05, 3.63) is 0 Å². The molecule has 1 saturated heterocycles. The van der Waals surface area contributed by atoms with Crippen molar-refractivity contribution in [3.8, 4) is 0 Å². The van der Waals surface area contributed by atoms with Gasteiger partial charge in [0.15, 0.2) is 5.96 Å². The monoisotopic (exact) mass is 111 g/mol. The number of rotatable bonds is 0. The minimum Gasteiger partial charge on any atom is -0.369 e. The van der Waals surface area contributed by atoms with Crippen LogP contribution in [0.5, 0.6) is 0 Å². The van der Waals surface area contributed by atoms with Gasteiger partial charge in [0.1, 0.15) is 6.04 Å². The number of nitrogens with two attached hydrogens (primary N) is 1. The third-order valence-corrected chi connectivity index (χ3v) is 1.42. The number of carbonyl (C=O) groups excluding carboxylic acids is 1. The highest BCUT2D eigenvalue weighted by Crippen LogP contribution is 2.22. The average Bonchev–Trinajstić information content (AvgIpc) is 2.35. The Bertz CT molecular complexity index is 186. The predicted molar refractivity (Wildman–Crippen MR) is 27.1 cm³/mol. The lowest BCUT2D eigenvalue weighted by atomic mass is 10.5. The molecule has 2 heterocycles. The summed E-state index contributed by atoms with van der Waals surface area (Å²) in [7, 11) is 0. The Kier molecular flexibility index (Phi) is 0.420. The maximum Gasteiger partial charge on any atom is 0.273 e. The Morgan fingerprint density at radius 2 is 2.62 bits per heavy atom. The molecule has 1 fully saturated rings. The summed E-state index contributed by atoms with van der Waals surface area (Å²) in [6, 6.07) is 0.0231. The van der Waals surface area contributed by atoms with Crippen molar-refractivity contribution < 1.29 is 4.79 Å². The van der Waals surface area contributed by atoms with Crippen LogP contribution in [0.2, 0.25) is 0 Å². The smallest absolute Gasteiger partial charge is 0.273 e. The maximum atomic E-state index is 10.5. The van der Waals surface area contributed by atoms with Crippen molar-refractivity contribution >= 4 is 11.9 Å². The van der Waals surface area contributed by atoms with Gasteiger partial charge in [-0.2, -0.15) is 4.99 Å². The number of guanidine groups is 1. The number of carbonyl (C=O) groups is 1. The zero-order valence-corrected chi connectivity index (χ0v) is 4.16. The quantitative estimate of drug-likeness (QED) is 0.388. The molecule has 2 N–H and O–H groups in total. The molecule has 0 bridgehead atoms. The van der Waals surface area contributed by atoms with Crippen LogP contribution in [0.25, 0.3) is 0 Å². The highest BCUT2D eigenvalue weighted by Gasteiger charge is 2.47. The summed E-state index contributed by atoms with van der Waals surface area (Å²) in [6.07, 6.45) is 0. The first-order chi connectivity index (χ1) is 3.79. The molecule has 1 atom stereocenters. The van der Waals surface area contributed by atoms with E-state index < -0.39 is 0 Å². The van der Waals surface area contributed by atoms with Gasteiger partial charge in [0.05, 0.1) is 6.54 Å². The molecule has 0 saturated carbocycles. The molecule has 1 unspecified atom stereocenters. The fraction of sp³-hybridized carbons (Fsp3) is 0.500. The SMILES string of the molecule is NC1=NC(=O)C2CN12. The lowest BCUT2D eigenvalue weighted by Gasteiger charge is -1.88. The lowest BCUT2D eigenvalue weighted by molar-refractivity contribution is -0.117. The van der Waals surface area contributed by atoms with Gasteiger partial charge in [-0.25, -0.2) is 0 Å². The van der Waals surface area contributed by atoms with Gasteiger partial charge < -0.3 is 10.6 Å². The molecule has 4 heteroatoms.